The molecule has 0 radical (unpaired) electrons. The van der Waals surface area contributed by atoms with Crippen molar-refractivity contribution in [3.05, 3.63) is 16.9 Å². The number of aryl methyl sites for hydroxylation is 1. The minimum absolute atomic E-state index is 0.282. The molecular weight excluding hydrogens is 194 g/mol. The summed E-state index contributed by atoms with van der Waals surface area (Å²) in [5, 5.41) is 4.30. The van der Waals surface area contributed by atoms with E-state index in [0.29, 0.717) is 0 Å². The van der Waals surface area contributed by atoms with Crippen LogP contribution in [0.1, 0.15) is 32.2 Å². The van der Waals surface area contributed by atoms with E-state index in [4.69, 9.17) is 0 Å². The van der Waals surface area contributed by atoms with Crippen LogP contribution in [0.5, 0.6) is 0 Å². The first-order valence-corrected chi connectivity index (χ1v) is 5.63. The third-order valence-electron chi connectivity index (χ3n) is 2.14. The molecule has 0 atom stereocenters. The average molecular weight is 209 g/mol. The Morgan fingerprint density at radius 3 is 2.79 bits per heavy atom. The molecule has 2 heterocycles. The predicted octanol–water partition coefficient (Wildman–Crippen LogP) is 2.69. The molecule has 14 heavy (non-hydrogen) atoms. The summed E-state index contributed by atoms with van der Waals surface area (Å²) in [5.41, 5.74) is 4.48. The zero-order valence-corrected chi connectivity index (χ0v) is 9.85. The lowest BCUT2D eigenvalue weighted by Gasteiger charge is -2.17. The molecule has 0 aliphatic rings. The molecule has 0 fully saturated rings. The summed E-state index contributed by atoms with van der Waals surface area (Å²) in [6.45, 7) is 8.76. The molecule has 0 N–H and O–H groups in total. The fourth-order valence-corrected chi connectivity index (χ4v) is 2.22. The van der Waals surface area contributed by atoms with Crippen molar-refractivity contribution in [1.29, 1.82) is 0 Å². The Kier molecular flexibility index (Phi) is 2.10. The SMILES string of the molecule is Cc1nc2scnn2c1CC(C)(C)C. The number of rotatable bonds is 1. The van der Waals surface area contributed by atoms with Gasteiger partial charge in [0.1, 0.15) is 5.51 Å². The average Bonchev–Trinajstić information content (AvgIpc) is 2.54. The zero-order chi connectivity index (χ0) is 10.3. The van der Waals surface area contributed by atoms with E-state index in [1.807, 2.05) is 10.0 Å². The maximum absolute atomic E-state index is 4.48. The van der Waals surface area contributed by atoms with Gasteiger partial charge in [0.15, 0.2) is 0 Å². The van der Waals surface area contributed by atoms with E-state index in [9.17, 15) is 0 Å². The molecule has 0 bridgehead atoms. The number of imidazole rings is 1. The van der Waals surface area contributed by atoms with Crippen molar-refractivity contribution in [2.45, 2.75) is 34.1 Å². The topological polar surface area (TPSA) is 30.2 Å². The molecule has 0 aliphatic carbocycles. The molecule has 2 aromatic heterocycles. The van der Waals surface area contributed by atoms with Gasteiger partial charge in [-0.05, 0) is 18.8 Å². The lowest BCUT2D eigenvalue weighted by molar-refractivity contribution is 0.402. The van der Waals surface area contributed by atoms with Crippen LogP contribution in [-0.2, 0) is 6.42 Å². The summed E-state index contributed by atoms with van der Waals surface area (Å²) in [6.07, 6.45) is 1.02. The first-order valence-electron chi connectivity index (χ1n) is 4.75. The van der Waals surface area contributed by atoms with E-state index in [2.05, 4.69) is 37.8 Å². The van der Waals surface area contributed by atoms with Crippen LogP contribution in [-0.4, -0.2) is 14.6 Å². The molecule has 0 amide bonds. The second kappa shape index (κ2) is 3.05. The van der Waals surface area contributed by atoms with Crippen LogP contribution in [0.2, 0.25) is 0 Å². The quantitative estimate of drug-likeness (QED) is 0.723. The molecule has 2 aromatic rings. The molecular formula is C10H15N3S. The zero-order valence-electron chi connectivity index (χ0n) is 9.03. The van der Waals surface area contributed by atoms with Gasteiger partial charge in [0.2, 0.25) is 4.96 Å². The third-order valence-corrected chi connectivity index (χ3v) is 2.81. The number of hydrogen-bond donors (Lipinski definition) is 0. The van der Waals surface area contributed by atoms with E-state index in [1.54, 1.807) is 11.3 Å². The van der Waals surface area contributed by atoms with Crippen LogP contribution < -0.4 is 0 Å². The fraction of sp³-hybridized carbons (Fsp3) is 0.600. The monoisotopic (exact) mass is 209 g/mol. The van der Waals surface area contributed by atoms with Crippen molar-refractivity contribution >= 4 is 16.3 Å². The van der Waals surface area contributed by atoms with Gasteiger partial charge in [-0.15, -0.1) is 0 Å². The number of aromatic nitrogens is 3. The summed E-state index contributed by atoms with van der Waals surface area (Å²) in [5.74, 6) is 0. The molecule has 0 aromatic carbocycles. The normalized spacial score (nSPS) is 12.6. The van der Waals surface area contributed by atoms with Gasteiger partial charge in [-0.1, -0.05) is 32.1 Å². The molecule has 76 valence electrons. The van der Waals surface area contributed by atoms with Crippen molar-refractivity contribution < 1.29 is 0 Å². The highest BCUT2D eigenvalue weighted by molar-refractivity contribution is 7.14. The summed E-state index contributed by atoms with van der Waals surface area (Å²) in [4.78, 5) is 5.48. The molecule has 4 heteroatoms. The van der Waals surface area contributed by atoms with Crippen molar-refractivity contribution in [3.8, 4) is 0 Å². The standard InChI is InChI=1S/C10H15N3S/c1-7-8(5-10(2,3)4)13-9(12-7)14-6-11-13/h6H,5H2,1-4H3. The van der Waals surface area contributed by atoms with Gasteiger partial charge in [0.25, 0.3) is 0 Å². The van der Waals surface area contributed by atoms with Crippen LogP contribution in [0.4, 0.5) is 0 Å². The second-order valence-corrected chi connectivity index (χ2v) is 5.63. The second-order valence-electron chi connectivity index (χ2n) is 4.81. The molecule has 0 spiro atoms. The van der Waals surface area contributed by atoms with Gasteiger partial charge in [0, 0.05) is 0 Å². The van der Waals surface area contributed by atoms with Gasteiger partial charge in [-0.2, -0.15) is 5.10 Å². The molecule has 0 aliphatic heterocycles. The summed E-state index contributed by atoms with van der Waals surface area (Å²) < 4.78 is 1.96. The van der Waals surface area contributed by atoms with Gasteiger partial charge >= 0.3 is 0 Å². The smallest absolute Gasteiger partial charge is 0.212 e. The first kappa shape index (κ1) is 9.65. The maximum atomic E-state index is 4.48. The van der Waals surface area contributed by atoms with Crippen LogP contribution in [0, 0.1) is 12.3 Å². The summed E-state index contributed by atoms with van der Waals surface area (Å²) in [7, 11) is 0. The lowest BCUT2D eigenvalue weighted by atomic mass is 9.90. The largest absolute Gasteiger partial charge is 0.223 e. The molecule has 0 unspecified atom stereocenters. The molecule has 0 saturated carbocycles. The van der Waals surface area contributed by atoms with E-state index in [-0.39, 0.29) is 5.41 Å². The highest BCUT2D eigenvalue weighted by Gasteiger charge is 2.18. The van der Waals surface area contributed by atoms with Crippen LogP contribution in [0.25, 0.3) is 4.96 Å². The van der Waals surface area contributed by atoms with Gasteiger partial charge in [-0.3, -0.25) is 0 Å². The van der Waals surface area contributed by atoms with Crippen molar-refractivity contribution in [3.63, 3.8) is 0 Å². The number of fused-ring (bicyclic) bond motifs is 1. The first-order chi connectivity index (χ1) is 6.47. The van der Waals surface area contributed by atoms with Crippen LogP contribution in [0.15, 0.2) is 5.51 Å². The lowest BCUT2D eigenvalue weighted by Crippen LogP contribution is -2.12. The Hall–Kier alpha value is -0.900. The predicted molar refractivity (Wildman–Crippen MR) is 58.8 cm³/mol. The highest BCUT2D eigenvalue weighted by Crippen LogP contribution is 2.24. The summed E-state index contributed by atoms with van der Waals surface area (Å²) in [6, 6.07) is 0. The Bertz CT molecular complexity index is 447. The Balaban J connectivity index is 2.49. The Labute approximate surface area is 87.8 Å². The molecule has 0 saturated heterocycles. The number of nitrogens with zero attached hydrogens (tertiary/aromatic N) is 3. The highest BCUT2D eigenvalue weighted by atomic mass is 32.1. The Morgan fingerprint density at radius 1 is 1.43 bits per heavy atom. The Morgan fingerprint density at radius 2 is 2.14 bits per heavy atom. The third kappa shape index (κ3) is 1.66. The van der Waals surface area contributed by atoms with Crippen molar-refractivity contribution in [2.24, 2.45) is 5.41 Å². The van der Waals surface area contributed by atoms with Crippen molar-refractivity contribution in [2.75, 3.05) is 0 Å². The van der Waals surface area contributed by atoms with Gasteiger partial charge in [0.05, 0.1) is 11.4 Å². The molecule has 2 rings (SSSR count). The van der Waals surface area contributed by atoms with Crippen LogP contribution in [0.3, 0.4) is 0 Å². The van der Waals surface area contributed by atoms with E-state index < -0.39 is 0 Å². The maximum Gasteiger partial charge on any atom is 0.212 e. The molecule has 3 nitrogen and oxygen atoms in total. The minimum atomic E-state index is 0.282. The van der Waals surface area contributed by atoms with Gasteiger partial charge < -0.3 is 0 Å². The van der Waals surface area contributed by atoms with E-state index >= 15 is 0 Å². The minimum Gasteiger partial charge on any atom is -0.223 e. The van der Waals surface area contributed by atoms with Crippen molar-refractivity contribution in [1.82, 2.24) is 14.6 Å². The fourth-order valence-electron chi connectivity index (χ4n) is 1.54. The van der Waals surface area contributed by atoms with E-state index in [1.165, 1.54) is 5.69 Å². The van der Waals surface area contributed by atoms with E-state index in [0.717, 1.165) is 17.1 Å². The number of hydrogen-bond acceptors (Lipinski definition) is 3. The van der Waals surface area contributed by atoms with Crippen LogP contribution >= 0.6 is 11.3 Å². The summed E-state index contributed by atoms with van der Waals surface area (Å²) >= 11 is 1.59. The van der Waals surface area contributed by atoms with Gasteiger partial charge in [-0.25, -0.2) is 9.50 Å².